The third-order valence-corrected chi connectivity index (χ3v) is 3.46. The smallest absolute Gasteiger partial charge is 0.0644 e. The van der Waals surface area contributed by atoms with E-state index in [1.54, 1.807) is 0 Å². The Hall–Kier alpha value is -1.62. The quantitative estimate of drug-likeness (QED) is 0.844. The van der Waals surface area contributed by atoms with Crippen LogP contribution in [-0.4, -0.2) is 26.1 Å². The Morgan fingerprint density at radius 1 is 1.30 bits per heavy atom. The molecule has 0 radical (unpaired) electrons. The van der Waals surface area contributed by atoms with E-state index in [4.69, 9.17) is 0 Å². The second-order valence-electron chi connectivity index (χ2n) is 5.47. The fourth-order valence-electron chi connectivity index (χ4n) is 2.31. The van der Waals surface area contributed by atoms with Crippen LogP contribution in [0.3, 0.4) is 0 Å². The van der Waals surface area contributed by atoms with Crippen molar-refractivity contribution in [3.8, 4) is 0 Å². The highest BCUT2D eigenvalue weighted by Crippen LogP contribution is 2.17. The van der Waals surface area contributed by atoms with E-state index >= 15 is 0 Å². The lowest BCUT2D eigenvalue weighted by Crippen LogP contribution is -2.26. The number of nitrogens with zero attached hydrogens (tertiary/aromatic N) is 4. The number of aryl methyl sites for hydroxylation is 1. The Morgan fingerprint density at radius 3 is 2.65 bits per heavy atom. The molecule has 0 aliphatic rings. The van der Waals surface area contributed by atoms with Gasteiger partial charge >= 0.3 is 0 Å². The minimum Gasteiger partial charge on any atom is -0.308 e. The van der Waals surface area contributed by atoms with Crippen molar-refractivity contribution in [1.82, 2.24) is 24.9 Å². The fourth-order valence-corrected chi connectivity index (χ4v) is 2.31. The normalized spacial score (nSPS) is 13.1. The molecule has 1 N–H and O–H groups in total. The second-order valence-corrected chi connectivity index (χ2v) is 5.47. The molecule has 0 spiro atoms. The zero-order valence-corrected chi connectivity index (χ0v) is 12.9. The SMILES string of the molecule is CCCNC(Cc1ccn(C(C)C)n1)c1ccnn1C. The van der Waals surface area contributed by atoms with Gasteiger partial charge in [0.05, 0.1) is 17.4 Å². The first-order valence-corrected chi connectivity index (χ1v) is 7.37. The van der Waals surface area contributed by atoms with Crippen molar-refractivity contribution in [2.24, 2.45) is 7.05 Å². The van der Waals surface area contributed by atoms with Crippen LogP contribution in [0.25, 0.3) is 0 Å². The largest absolute Gasteiger partial charge is 0.308 e. The van der Waals surface area contributed by atoms with Crippen molar-refractivity contribution >= 4 is 0 Å². The molecular weight excluding hydrogens is 250 g/mol. The lowest BCUT2D eigenvalue weighted by Gasteiger charge is -2.18. The summed E-state index contributed by atoms with van der Waals surface area (Å²) in [6, 6.07) is 4.85. The predicted octanol–water partition coefficient (Wildman–Crippen LogP) is 2.48. The molecule has 0 amide bonds. The summed E-state index contributed by atoms with van der Waals surface area (Å²) in [5.74, 6) is 0. The first-order valence-electron chi connectivity index (χ1n) is 7.37. The number of nitrogens with one attached hydrogen (secondary N) is 1. The average molecular weight is 275 g/mol. The molecule has 0 aliphatic heterocycles. The molecule has 5 heteroatoms. The maximum atomic E-state index is 4.64. The van der Waals surface area contributed by atoms with E-state index in [1.807, 2.05) is 22.6 Å². The summed E-state index contributed by atoms with van der Waals surface area (Å²) < 4.78 is 3.95. The lowest BCUT2D eigenvalue weighted by atomic mass is 10.1. The van der Waals surface area contributed by atoms with Gasteiger partial charge in [0.15, 0.2) is 0 Å². The zero-order valence-electron chi connectivity index (χ0n) is 12.9. The van der Waals surface area contributed by atoms with Crippen molar-refractivity contribution in [1.29, 1.82) is 0 Å². The van der Waals surface area contributed by atoms with Gasteiger partial charge in [-0.05, 0) is 38.9 Å². The number of hydrogen-bond acceptors (Lipinski definition) is 3. The Balaban J connectivity index is 2.12. The Labute approximate surface area is 121 Å². The third kappa shape index (κ3) is 3.48. The summed E-state index contributed by atoms with van der Waals surface area (Å²) in [5.41, 5.74) is 2.33. The number of hydrogen-bond donors (Lipinski definition) is 1. The van der Waals surface area contributed by atoms with E-state index in [9.17, 15) is 0 Å². The summed E-state index contributed by atoms with van der Waals surface area (Å²) in [5, 5.41) is 12.5. The van der Waals surface area contributed by atoms with Crippen LogP contribution in [0, 0.1) is 0 Å². The molecule has 0 aliphatic carbocycles. The van der Waals surface area contributed by atoms with Crippen molar-refractivity contribution in [2.45, 2.75) is 45.7 Å². The van der Waals surface area contributed by atoms with Gasteiger partial charge in [-0.25, -0.2) is 0 Å². The third-order valence-electron chi connectivity index (χ3n) is 3.46. The first-order chi connectivity index (χ1) is 9.61. The minimum absolute atomic E-state index is 0.262. The van der Waals surface area contributed by atoms with E-state index in [0.29, 0.717) is 6.04 Å². The highest BCUT2D eigenvalue weighted by Gasteiger charge is 2.16. The molecular formula is C15H25N5. The van der Waals surface area contributed by atoms with E-state index < -0.39 is 0 Å². The van der Waals surface area contributed by atoms with Crippen LogP contribution in [0.4, 0.5) is 0 Å². The molecule has 0 bridgehead atoms. The summed E-state index contributed by atoms with van der Waals surface area (Å²) in [4.78, 5) is 0. The minimum atomic E-state index is 0.262. The average Bonchev–Trinajstić information content (AvgIpc) is 3.03. The van der Waals surface area contributed by atoms with Gasteiger partial charge in [0, 0.05) is 31.9 Å². The Kier molecular flexibility index (Phi) is 4.95. The van der Waals surface area contributed by atoms with E-state index in [-0.39, 0.29) is 6.04 Å². The summed E-state index contributed by atoms with van der Waals surface area (Å²) in [6.07, 6.45) is 5.91. The molecule has 2 aromatic rings. The van der Waals surface area contributed by atoms with E-state index in [0.717, 1.165) is 25.1 Å². The summed E-state index contributed by atoms with van der Waals surface area (Å²) in [6.45, 7) is 7.47. The topological polar surface area (TPSA) is 47.7 Å². The molecule has 2 rings (SSSR count). The highest BCUT2D eigenvalue weighted by molar-refractivity contribution is 5.12. The molecule has 5 nitrogen and oxygen atoms in total. The van der Waals surface area contributed by atoms with Crippen LogP contribution >= 0.6 is 0 Å². The van der Waals surface area contributed by atoms with Crippen LogP contribution in [0.5, 0.6) is 0 Å². The number of rotatable bonds is 7. The van der Waals surface area contributed by atoms with Gasteiger partial charge in [-0.1, -0.05) is 6.92 Å². The standard InChI is InChI=1S/C15H25N5/c1-5-8-16-14(15-6-9-17-19(15)4)11-13-7-10-20(18-13)12(2)3/h6-7,9-10,12,14,16H,5,8,11H2,1-4H3. The molecule has 0 fully saturated rings. The molecule has 2 heterocycles. The molecule has 0 saturated carbocycles. The Bertz CT molecular complexity index is 526. The maximum absolute atomic E-state index is 4.64. The van der Waals surface area contributed by atoms with Gasteiger partial charge in [0.1, 0.15) is 0 Å². The van der Waals surface area contributed by atoms with Gasteiger partial charge < -0.3 is 5.32 Å². The van der Waals surface area contributed by atoms with Crippen molar-refractivity contribution in [2.75, 3.05) is 6.54 Å². The summed E-state index contributed by atoms with van der Waals surface area (Å²) in [7, 11) is 1.99. The lowest BCUT2D eigenvalue weighted by molar-refractivity contribution is 0.477. The predicted molar refractivity (Wildman–Crippen MR) is 80.6 cm³/mol. The highest BCUT2D eigenvalue weighted by atomic mass is 15.3. The molecule has 110 valence electrons. The van der Waals surface area contributed by atoms with E-state index in [1.165, 1.54) is 5.69 Å². The first kappa shape index (κ1) is 14.8. The maximum Gasteiger partial charge on any atom is 0.0644 e. The monoisotopic (exact) mass is 275 g/mol. The van der Waals surface area contributed by atoms with Crippen LogP contribution in [0.1, 0.15) is 50.7 Å². The molecule has 0 aromatic carbocycles. The van der Waals surface area contributed by atoms with Crippen LogP contribution in [-0.2, 0) is 13.5 Å². The van der Waals surface area contributed by atoms with Crippen LogP contribution in [0.15, 0.2) is 24.5 Å². The zero-order chi connectivity index (χ0) is 14.5. The van der Waals surface area contributed by atoms with E-state index in [2.05, 4.69) is 54.6 Å². The van der Waals surface area contributed by atoms with Crippen molar-refractivity contribution < 1.29 is 0 Å². The van der Waals surface area contributed by atoms with Gasteiger partial charge in [-0.2, -0.15) is 10.2 Å². The van der Waals surface area contributed by atoms with Crippen molar-refractivity contribution in [3.63, 3.8) is 0 Å². The molecule has 20 heavy (non-hydrogen) atoms. The van der Waals surface area contributed by atoms with Crippen LogP contribution < -0.4 is 5.32 Å². The second kappa shape index (κ2) is 6.70. The van der Waals surface area contributed by atoms with Crippen molar-refractivity contribution in [3.05, 3.63) is 35.9 Å². The summed E-state index contributed by atoms with van der Waals surface area (Å²) >= 11 is 0. The van der Waals surface area contributed by atoms with Crippen LogP contribution in [0.2, 0.25) is 0 Å². The van der Waals surface area contributed by atoms with Gasteiger partial charge in [0.2, 0.25) is 0 Å². The van der Waals surface area contributed by atoms with Gasteiger partial charge in [-0.15, -0.1) is 0 Å². The molecule has 2 aromatic heterocycles. The molecule has 1 atom stereocenters. The fraction of sp³-hybridized carbons (Fsp3) is 0.600. The number of aromatic nitrogens is 4. The van der Waals surface area contributed by atoms with Gasteiger partial charge in [0.25, 0.3) is 0 Å². The van der Waals surface area contributed by atoms with Gasteiger partial charge in [-0.3, -0.25) is 9.36 Å². The molecule has 0 saturated heterocycles. The Morgan fingerprint density at radius 2 is 2.10 bits per heavy atom. The molecule has 1 unspecified atom stereocenters.